The zero-order valence-corrected chi connectivity index (χ0v) is 17.9. The van der Waals surface area contributed by atoms with Gasteiger partial charge in [-0.25, -0.2) is 4.98 Å². The molecule has 3 aromatic rings. The zero-order valence-electron chi connectivity index (χ0n) is 15.6. The third kappa shape index (κ3) is 4.64. The lowest BCUT2D eigenvalue weighted by molar-refractivity contribution is 0.261. The lowest BCUT2D eigenvalue weighted by Crippen LogP contribution is -2.40. The average molecular weight is 490 g/mol. The Morgan fingerprint density at radius 1 is 1.14 bits per heavy atom. The standard InChI is InChI=1S/C21H22N4O2.HI/c1-22-21(25-18-11-12-26-19-10-6-5-9-17(18)19)23-13-16-14-27-20(24-16)15-7-3-2-4-8-15;/h2-10,14,18H,11-13H2,1H3,(H2,22,23,25);1H. The molecule has 0 saturated heterocycles. The van der Waals surface area contributed by atoms with Crippen LogP contribution >= 0.6 is 24.0 Å². The number of hydrogen-bond acceptors (Lipinski definition) is 4. The third-order valence-electron chi connectivity index (χ3n) is 4.50. The van der Waals surface area contributed by atoms with E-state index in [4.69, 9.17) is 9.15 Å². The molecule has 2 N–H and O–H groups in total. The second-order valence-corrected chi connectivity index (χ2v) is 6.31. The van der Waals surface area contributed by atoms with Crippen molar-refractivity contribution < 1.29 is 9.15 Å². The number of benzene rings is 2. The van der Waals surface area contributed by atoms with Crippen molar-refractivity contribution in [2.75, 3.05) is 13.7 Å². The second kappa shape index (κ2) is 9.59. The van der Waals surface area contributed by atoms with Gasteiger partial charge in [0.2, 0.25) is 5.89 Å². The molecule has 2 aromatic carbocycles. The number of fused-ring (bicyclic) bond motifs is 1. The molecule has 0 aliphatic carbocycles. The molecule has 146 valence electrons. The molecule has 1 aliphatic rings. The highest BCUT2D eigenvalue weighted by Crippen LogP contribution is 2.31. The third-order valence-corrected chi connectivity index (χ3v) is 4.50. The topological polar surface area (TPSA) is 71.7 Å². The molecule has 1 atom stereocenters. The molecule has 0 spiro atoms. The molecule has 0 fully saturated rings. The molecule has 1 aromatic heterocycles. The van der Waals surface area contributed by atoms with Gasteiger partial charge >= 0.3 is 0 Å². The molecule has 0 saturated carbocycles. The maximum absolute atomic E-state index is 5.72. The van der Waals surface area contributed by atoms with Crippen LogP contribution < -0.4 is 15.4 Å². The SMILES string of the molecule is CN=C(NCc1coc(-c2ccccc2)n1)NC1CCOc2ccccc21.I. The Morgan fingerprint density at radius 2 is 1.93 bits per heavy atom. The van der Waals surface area contributed by atoms with Crippen molar-refractivity contribution >= 4 is 29.9 Å². The van der Waals surface area contributed by atoms with Gasteiger partial charge < -0.3 is 19.8 Å². The molecule has 0 amide bonds. The number of aliphatic imine (C=N–C) groups is 1. The van der Waals surface area contributed by atoms with Crippen molar-refractivity contribution in [1.29, 1.82) is 0 Å². The number of rotatable bonds is 4. The van der Waals surface area contributed by atoms with Gasteiger partial charge in [0.1, 0.15) is 12.0 Å². The summed E-state index contributed by atoms with van der Waals surface area (Å²) in [6, 6.07) is 18.1. The Hall–Kier alpha value is -2.55. The number of nitrogens with zero attached hydrogens (tertiary/aromatic N) is 2. The van der Waals surface area contributed by atoms with Crippen LogP contribution in [0.4, 0.5) is 0 Å². The van der Waals surface area contributed by atoms with E-state index >= 15 is 0 Å². The largest absolute Gasteiger partial charge is 0.493 e. The fourth-order valence-corrected chi connectivity index (χ4v) is 3.13. The summed E-state index contributed by atoms with van der Waals surface area (Å²) in [5.74, 6) is 2.27. The van der Waals surface area contributed by atoms with E-state index in [0.717, 1.165) is 35.0 Å². The Bertz CT molecular complexity index is 927. The number of oxazole rings is 1. The van der Waals surface area contributed by atoms with Gasteiger partial charge in [0, 0.05) is 24.6 Å². The van der Waals surface area contributed by atoms with Gasteiger partial charge in [-0.1, -0.05) is 36.4 Å². The number of aromatic nitrogens is 1. The van der Waals surface area contributed by atoms with Crippen molar-refractivity contribution in [3.63, 3.8) is 0 Å². The van der Waals surface area contributed by atoms with Crippen molar-refractivity contribution in [1.82, 2.24) is 15.6 Å². The van der Waals surface area contributed by atoms with Crippen LogP contribution in [0.2, 0.25) is 0 Å². The van der Waals surface area contributed by atoms with Crippen LogP contribution in [0.3, 0.4) is 0 Å². The van der Waals surface area contributed by atoms with Crippen LogP contribution in [0.1, 0.15) is 23.7 Å². The molecule has 0 bridgehead atoms. The van der Waals surface area contributed by atoms with Crippen LogP contribution in [-0.2, 0) is 6.54 Å². The molecule has 1 aliphatic heterocycles. The molecule has 4 rings (SSSR count). The predicted molar refractivity (Wildman–Crippen MR) is 120 cm³/mol. The Labute approximate surface area is 181 Å². The lowest BCUT2D eigenvalue weighted by atomic mass is 10.0. The fraction of sp³-hybridized carbons (Fsp3) is 0.238. The summed E-state index contributed by atoms with van der Waals surface area (Å²) in [6.45, 7) is 1.22. The van der Waals surface area contributed by atoms with Gasteiger partial charge in [0.25, 0.3) is 0 Å². The summed E-state index contributed by atoms with van der Waals surface area (Å²) in [4.78, 5) is 8.87. The highest BCUT2D eigenvalue weighted by molar-refractivity contribution is 14.0. The second-order valence-electron chi connectivity index (χ2n) is 6.31. The molecule has 28 heavy (non-hydrogen) atoms. The maximum atomic E-state index is 5.72. The normalized spacial score (nSPS) is 15.8. The summed E-state index contributed by atoms with van der Waals surface area (Å²) in [7, 11) is 1.76. The summed E-state index contributed by atoms with van der Waals surface area (Å²) in [6.07, 6.45) is 2.56. The van der Waals surface area contributed by atoms with Crippen LogP contribution in [0.5, 0.6) is 5.75 Å². The van der Waals surface area contributed by atoms with E-state index in [2.05, 4.69) is 26.7 Å². The monoisotopic (exact) mass is 490 g/mol. The van der Waals surface area contributed by atoms with Gasteiger partial charge in [-0.3, -0.25) is 4.99 Å². The number of hydrogen-bond donors (Lipinski definition) is 2. The minimum Gasteiger partial charge on any atom is -0.493 e. The Morgan fingerprint density at radius 3 is 2.75 bits per heavy atom. The Kier molecular flexibility index (Phi) is 6.91. The van der Waals surface area contributed by atoms with E-state index < -0.39 is 0 Å². The quantitative estimate of drug-likeness (QED) is 0.327. The van der Waals surface area contributed by atoms with Gasteiger partial charge in [0.15, 0.2) is 5.96 Å². The lowest BCUT2D eigenvalue weighted by Gasteiger charge is -2.27. The highest BCUT2D eigenvalue weighted by atomic mass is 127. The molecular formula is C21H23IN4O2. The first-order valence-electron chi connectivity index (χ1n) is 9.02. The molecule has 0 radical (unpaired) electrons. The summed E-state index contributed by atoms with van der Waals surface area (Å²) < 4.78 is 11.3. The van der Waals surface area contributed by atoms with Crippen LogP contribution in [0, 0.1) is 0 Å². The molecule has 1 unspecified atom stereocenters. The number of para-hydroxylation sites is 1. The van der Waals surface area contributed by atoms with Gasteiger partial charge in [-0.2, -0.15) is 0 Å². The first-order chi connectivity index (χ1) is 13.3. The fourth-order valence-electron chi connectivity index (χ4n) is 3.13. The molecular weight excluding hydrogens is 467 g/mol. The molecule has 2 heterocycles. The number of ether oxygens (including phenoxy) is 1. The van der Waals surface area contributed by atoms with E-state index in [9.17, 15) is 0 Å². The van der Waals surface area contributed by atoms with E-state index in [0.29, 0.717) is 19.0 Å². The Balaban J connectivity index is 0.00000225. The summed E-state index contributed by atoms with van der Waals surface area (Å²) >= 11 is 0. The van der Waals surface area contributed by atoms with Crippen molar-refractivity contribution in [2.24, 2.45) is 4.99 Å². The predicted octanol–water partition coefficient (Wildman–Crippen LogP) is 4.15. The van der Waals surface area contributed by atoms with E-state index in [1.807, 2.05) is 48.5 Å². The van der Waals surface area contributed by atoms with E-state index in [1.165, 1.54) is 0 Å². The molecule has 6 nitrogen and oxygen atoms in total. The van der Waals surface area contributed by atoms with Crippen LogP contribution in [0.25, 0.3) is 11.5 Å². The number of halogens is 1. The number of nitrogens with one attached hydrogen (secondary N) is 2. The molecule has 7 heteroatoms. The summed E-state index contributed by atoms with van der Waals surface area (Å²) in [5, 5.41) is 6.78. The van der Waals surface area contributed by atoms with Gasteiger partial charge in [-0.05, 0) is 18.2 Å². The van der Waals surface area contributed by atoms with Crippen molar-refractivity contribution in [3.05, 3.63) is 72.1 Å². The van der Waals surface area contributed by atoms with Crippen LogP contribution in [0.15, 0.2) is 70.3 Å². The van der Waals surface area contributed by atoms with Gasteiger partial charge in [-0.15, -0.1) is 24.0 Å². The maximum Gasteiger partial charge on any atom is 0.226 e. The van der Waals surface area contributed by atoms with Crippen LogP contribution in [-0.4, -0.2) is 24.6 Å². The summed E-state index contributed by atoms with van der Waals surface area (Å²) in [5.41, 5.74) is 2.94. The smallest absolute Gasteiger partial charge is 0.226 e. The first kappa shape index (κ1) is 20.2. The van der Waals surface area contributed by atoms with E-state index in [-0.39, 0.29) is 30.0 Å². The average Bonchev–Trinajstić information content (AvgIpc) is 3.21. The zero-order chi connectivity index (χ0) is 18.5. The number of guanidine groups is 1. The minimum atomic E-state index is 0. The van der Waals surface area contributed by atoms with Crippen molar-refractivity contribution in [3.8, 4) is 17.2 Å². The highest BCUT2D eigenvalue weighted by Gasteiger charge is 2.21. The van der Waals surface area contributed by atoms with Crippen molar-refractivity contribution in [2.45, 2.75) is 19.0 Å². The van der Waals surface area contributed by atoms with Gasteiger partial charge in [0.05, 0.1) is 24.9 Å². The first-order valence-corrected chi connectivity index (χ1v) is 9.02. The minimum absolute atomic E-state index is 0. The van der Waals surface area contributed by atoms with E-state index in [1.54, 1.807) is 13.3 Å².